The predicted molar refractivity (Wildman–Crippen MR) is 77.2 cm³/mol. The van der Waals surface area contributed by atoms with Crippen LogP contribution >= 0.6 is 22.9 Å². The van der Waals surface area contributed by atoms with Crippen molar-refractivity contribution in [3.05, 3.63) is 38.8 Å². The van der Waals surface area contributed by atoms with Gasteiger partial charge in [0, 0.05) is 19.1 Å². The average Bonchev–Trinajstić information content (AvgIpc) is 2.97. The van der Waals surface area contributed by atoms with Crippen molar-refractivity contribution in [3.8, 4) is 0 Å². The highest BCUT2D eigenvalue weighted by Crippen LogP contribution is 2.22. The van der Waals surface area contributed by atoms with E-state index >= 15 is 0 Å². The summed E-state index contributed by atoms with van der Waals surface area (Å²) in [4.78, 5) is 0. The summed E-state index contributed by atoms with van der Waals surface area (Å²) in [5, 5.41) is 13.0. The van der Waals surface area contributed by atoms with Crippen molar-refractivity contribution < 1.29 is 0 Å². The van der Waals surface area contributed by atoms with Crippen molar-refractivity contribution in [3.63, 3.8) is 0 Å². The first kappa shape index (κ1) is 13.6. The Kier molecular flexibility index (Phi) is 4.43. The lowest BCUT2D eigenvalue weighted by Crippen LogP contribution is -2.20. The normalized spacial score (nSPS) is 12.9. The van der Waals surface area contributed by atoms with Crippen LogP contribution in [0.5, 0.6) is 0 Å². The quantitative estimate of drug-likeness (QED) is 0.905. The summed E-state index contributed by atoms with van der Waals surface area (Å²) in [7, 11) is 0. The minimum atomic E-state index is 0.327. The summed E-state index contributed by atoms with van der Waals surface area (Å²) in [6.07, 6.45) is 0. The SMILES string of the molecule is CCn1nc(C)c(Cl)c1CNC(C)c1ccsc1. The van der Waals surface area contributed by atoms with E-state index in [2.05, 4.69) is 41.1 Å². The summed E-state index contributed by atoms with van der Waals surface area (Å²) >= 11 is 8.00. The highest BCUT2D eigenvalue weighted by atomic mass is 35.5. The van der Waals surface area contributed by atoms with Crippen LogP contribution in [0.3, 0.4) is 0 Å². The third-order valence-electron chi connectivity index (χ3n) is 3.07. The molecule has 1 unspecified atom stereocenters. The van der Waals surface area contributed by atoms with E-state index in [1.165, 1.54) is 5.56 Å². The van der Waals surface area contributed by atoms with Gasteiger partial charge >= 0.3 is 0 Å². The summed E-state index contributed by atoms with van der Waals surface area (Å²) < 4.78 is 1.96. The minimum Gasteiger partial charge on any atom is -0.304 e. The molecule has 0 bridgehead atoms. The molecule has 1 N–H and O–H groups in total. The lowest BCUT2D eigenvalue weighted by Gasteiger charge is -2.13. The number of thiophene rings is 1. The van der Waals surface area contributed by atoms with Gasteiger partial charge in [-0.1, -0.05) is 11.6 Å². The second-order valence-corrected chi connectivity index (χ2v) is 5.48. The molecule has 0 radical (unpaired) electrons. The maximum absolute atomic E-state index is 6.28. The Morgan fingerprint density at radius 1 is 1.56 bits per heavy atom. The first-order valence-electron chi connectivity index (χ1n) is 6.10. The van der Waals surface area contributed by atoms with Crippen molar-refractivity contribution >= 4 is 22.9 Å². The molecule has 0 aliphatic carbocycles. The van der Waals surface area contributed by atoms with Crippen LogP contribution in [0.15, 0.2) is 16.8 Å². The number of hydrogen-bond acceptors (Lipinski definition) is 3. The van der Waals surface area contributed by atoms with E-state index in [0.717, 1.165) is 29.5 Å². The van der Waals surface area contributed by atoms with Gasteiger partial charge in [-0.25, -0.2) is 0 Å². The van der Waals surface area contributed by atoms with Crippen molar-refractivity contribution in [2.45, 2.75) is 39.9 Å². The molecular formula is C13H18ClN3S. The van der Waals surface area contributed by atoms with Gasteiger partial charge in [-0.15, -0.1) is 0 Å². The van der Waals surface area contributed by atoms with E-state index in [1.54, 1.807) is 11.3 Å². The van der Waals surface area contributed by atoms with Gasteiger partial charge < -0.3 is 5.32 Å². The van der Waals surface area contributed by atoms with Gasteiger partial charge in [-0.05, 0) is 43.2 Å². The van der Waals surface area contributed by atoms with Crippen molar-refractivity contribution in [1.82, 2.24) is 15.1 Å². The van der Waals surface area contributed by atoms with Gasteiger partial charge in [0.15, 0.2) is 0 Å². The first-order valence-corrected chi connectivity index (χ1v) is 7.42. The molecule has 0 fully saturated rings. The molecule has 0 spiro atoms. The Bertz CT molecular complexity index is 505. The number of aryl methyl sites for hydroxylation is 2. The smallest absolute Gasteiger partial charge is 0.0860 e. The number of rotatable bonds is 5. The molecule has 0 amide bonds. The van der Waals surface area contributed by atoms with Crippen LogP contribution in [0, 0.1) is 6.92 Å². The van der Waals surface area contributed by atoms with Crippen LogP contribution in [0.2, 0.25) is 5.02 Å². The van der Waals surface area contributed by atoms with Crippen molar-refractivity contribution in [2.75, 3.05) is 0 Å². The Hall–Kier alpha value is -0.840. The van der Waals surface area contributed by atoms with Crippen LogP contribution in [-0.4, -0.2) is 9.78 Å². The van der Waals surface area contributed by atoms with E-state index in [-0.39, 0.29) is 0 Å². The summed E-state index contributed by atoms with van der Waals surface area (Å²) in [6, 6.07) is 2.47. The molecular weight excluding hydrogens is 266 g/mol. The molecule has 5 heteroatoms. The highest BCUT2D eigenvalue weighted by Gasteiger charge is 2.13. The predicted octanol–water partition coefficient (Wildman–Crippen LogP) is 3.78. The average molecular weight is 284 g/mol. The van der Waals surface area contributed by atoms with Crippen molar-refractivity contribution in [1.29, 1.82) is 0 Å². The van der Waals surface area contributed by atoms with Gasteiger partial charge in [-0.2, -0.15) is 16.4 Å². The molecule has 0 saturated carbocycles. The minimum absolute atomic E-state index is 0.327. The second-order valence-electron chi connectivity index (χ2n) is 4.32. The molecule has 0 aliphatic heterocycles. The Morgan fingerprint density at radius 3 is 2.94 bits per heavy atom. The monoisotopic (exact) mass is 283 g/mol. The zero-order chi connectivity index (χ0) is 13.1. The molecule has 2 aromatic rings. The van der Waals surface area contributed by atoms with Crippen LogP contribution in [0.25, 0.3) is 0 Å². The molecule has 2 aromatic heterocycles. The molecule has 18 heavy (non-hydrogen) atoms. The third-order valence-corrected chi connectivity index (χ3v) is 4.26. The molecule has 0 saturated heterocycles. The topological polar surface area (TPSA) is 29.9 Å². The van der Waals surface area contributed by atoms with Crippen molar-refractivity contribution in [2.24, 2.45) is 0 Å². The number of nitrogens with one attached hydrogen (secondary N) is 1. The molecule has 2 rings (SSSR count). The van der Waals surface area contributed by atoms with Crippen LogP contribution < -0.4 is 5.32 Å². The first-order chi connectivity index (χ1) is 8.63. The van der Waals surface area contributed by atoms with E-state index in [4.69, 9.17) is 11.6 Å². The third kappa shape index (κ3) is 2.76. The fourth-order valence-corrected chi connectivity index (χ4v) is 2.88. The Morgan fingerprint density at radius 2 is 2.33 bits per heavy atom. The fraction of sp³-hybridized carbons (Fsp3) is 0.462. The maximum Gasteiger partial charge on any atom is 0.0860 e. The van der Waals surface area contributed by atoms with Gasteiger partial charge in [0.2, 0.25) is 0 Å². The number of hydrogen-bond donors (Lipinski definition) is 1. The lowest BCUT2D eigenvalue weighted by molar-refractivity contribution is 0.532. The van der Waals surface area contributed by atoms with Crippen LogP contribution in [-0.2, 0) is 13.1 Å². The molecule has 3 nitrogen and oxygen atoms in total. The van der Waals surface area contributed by atoms with Gasteiger partial charge in [0.05, 0.1) is 16.4 Å². The molecule has 98 valence electrons. The lowest BCUT2D eigenvalue weighted by atomic mass is 10.2. The molecule has 2 heterocycles. The van der Waals surface area contributed by atoms with Crippen LogP contribution in [0.1, 0.15) is 36.8 Å². The Labute approximate surface area is 117 Å². The molecule has 0 aromatic carbocycles. The van der Waals surface area contributed by atoms with E-state index in [1.807, 2.05) is 11.6 Å². The Balaban J connectivity index is 2.06. The largest absolute Gasteiger partial charge is 0.304 e. The van der Waals surface area contributed by atoms with E-state index < -0.39 is 0 Å². The van der Waals surface area contributed by atoms with E-state index in [9.17, 15) is 0 Å². The summed E-state index contributed by atoms with van der Waals surface area (Å²) in [6.45, 7) is 7.77. The maximum atomic E-state index is 6.28. The highest BCUT2D eigenvalue weighted by molar-refractivity contribution is 7.07. The molecule has 1 atom stereocenters. The van der Waals surface area contributed by atoms with Gasteiger partial charge in [-0.3, -0.25) is 4.68 Å². The van der Waals surface area contributed by atoms with E-state index in [0.29, 0.717) is 6.04 Å². The second kappa shape index (κ2) is 5.87. The zero-order valence-electron chi connectivity index (χ0n) is 10.9. The standard InChI is InChI=1S/C13H18ClN3S/c1-4-17-12(13(14)10(3)16-17)7-15-9(2)11-5-6-18-8-11/h5-6,8-9,15H,4,7H2,1-3H3. The fourth-order valence-electron chi connectivity index (χ4n) is 1.93. The zero-order valence-corrected chi connectivity index (χ0v) is 12.5. The van der Waals surface area contributed by atoms with Gasteiger partial charge in [0.25, 0.3) is 0 Å². The summed E-state index contributed by atoms with van der Waals surface area (Å²) in [5.74, 6) is 0. The molecule has 0 aliphatic rings. The summed E-state index contributed by atoms with van der Waals surface area (Å²) in [5.41, 5.74) is 3.28. The number of aromatic nitrogens is 2. The number of halogens is 1. The number of nitrogens with zero attached hydrogens (tertiary/aromatic N) is 2. The van der Waals surface area contributed by atoms with Crippen LogP contribution in [0.4, 0.5) is 0 Å². The van der Waals surface area contributed by atoms with Gasteiger partial charge in [0.1, 0.15) is 0 Å².